The van der Waals surface area contributed by atoms with Gasteiger partial charge in [-0.2, -0.15) is 0 Å². The second-order valence-corrected chi connectivity index (χ2v) is 4.46. The van der Waals surface area contributed by atoms with Crippen molar-refractivity contribution in [2.24, 2.45) is 0 Å². The molecule has 0 bridgehead atoms. The van der Waals surface area contributed by atoms with Gasteiger partial charge in [0, 0.05) is 11.6 Å². The van der Waals surface area contributed by atoms with E-state index in [0.29, 0.717) is 5.57 Å². The van der Waals surface area contributed by atoms with Crippen LogP contribution in [0.3, 0.4) is 0 Å². The number of rotatable bonds is 4. The number of carboxylic acid groups (broad SMARTS) is 1. The molecule has 1 aliphatic rings. The number of carbonyl (C=O) groups excluding carboxylic acids is 1. The number of hydrogen-bond donors (Lipinski definition) is 1. The van der Waals surface area contributed by atoms with Crippen LogP contribution in [0.4, 0.5) is 0 Å². The molecule has 4 nitrogen and oxygen atoms in total. The molecule has 0 saturated heterocycles. The van der Waals surface area contributed by atoms with Crippen LogP contribution in [0.25, 0.3) is 0 Å². The first-order chi connectivity index (χ1) is 8.37. The quantitative estimate of drug-likeness (QED) is 0.618. The maximum Gasteiger partial charge on any atom is 0.333 e. The predicted molar refractivity (Wildman–Crippen MR) is 70.2 cm³/mol. The number of carboxylic acids is 1. The molecule has 0 spiro atoms. The maximum atomic E-state index is 11.3. The Bertz CT molecular complexity index is 325. The Balaban J connectivity index is 0.000000494. The SMILES string of the molecule is C=C(C)C(=O)OC1(CC)CCCC1.C=CC(=O)O. The Kier molecular flexibility index (Phi) is 7.01. The lowest BCUT2D eigenvalue weighted by Crippen LogP contribution is -2.31. The van der Waals surface area contributed by atoms with Gasteiger partial charge in [0.25, 0.3) is 0 Å². The van der Waals surface area contributed by atoms with E-state index in [9.17, 15) is 9.59 Å². The van der Waals surface area contributed by atoms with Crippen LogP contribution >= 0.6 is 0 Å². The normalized spacial score (nSPS) is 16.1. The van der Waals surface area contributed by atoms with Crippen molar-refractivity contribution in [1.29, 1.82) is 0 Å². The van der Waals surface area contributed by atoms with E-state index in [1.165, 1.54) is 12.8 Å². The summed E-state index contributed by atoms with van der Waals surface area (Å²) in [6.45, 7) is 10.3. The standard InChI is InChI=1S/C11H18O2.C3H4O2/c1-4-11(7-5-6-8-11)13-10(12)9(2)3;1-2-3(4)5/h2,4-8H2,1,3H3;2H,1H2,(H,4,5). The van der Waals surface area contributed by atoms with Crippen molar-refractivity contribution >= 4 is 11.9 Å². The van der Waals surface area contributed by atoms with Gasteiger partial charge in [0.15, 0.2) is 0 Å². The fraction of sp³-hybridized carbons (Fsp3) is 0.571. The van der Waals surface area contributed by atoms with Gasteiger partial charge in [-0.05, 0) is 39.0 Å². The first-order valence-corrected chi connectivity index (χ1v) is 6.11. The molecule has 1 fully saturated rings. The lowest BCUT2D eigenvalue weighted by molar-refractivity contribution is -0.154. The second kappa shape index (κ2) is 7.69. The van der Waals surface area contributed by atoms with Crippen molar-refractivity contribution in [2.75, 3.05) is 0 Å². The molecule has 1 aliphatic carbocycles. The summed E-state index contributed by atoms with van der Waals surface area (Å²) in [6, 6.07) is 0. The number of aliphatic carboxylic acids is 1. The highest BCUT2D eigenvalue weighted by atomic mass is 16.6. The summed E-state index contributed by atoms with van der Waals surface area (Å²) >= 11 is 0. The van der Waals surface area contributed by atoms with Gasteiger partial charge in [-0.25, -0.2) is 9.59 Å². The van der Waals surface area contributed by atoms with Crippen molar-refractivity contribution in [2.45, 2.75) is 51.6 Å². The van der Waals surface area contributed by atoms with Crippen LogP contribution in [0.1, 0.15) is 46.0 Å². The van der Waals surface area contributed by atoms with Gasteiger partial charge in [0.05, 0.1) is 0 Å². The minimum absolute atomic E-state index is 0.171. The highest BCUT2D eigenvalue weighted by molar-refractivity contribution is 5.87. The van der Waals surface area contributed by atoms with Crippen molar-refractivity contribution < 1.29 is 19.4 Å². The summed E-state index contributed by atoms with van der Waals surface area (Å²) in [7, 11) is 0. The molecule has 0 aromatic rings. The molecule has 1 N–H and O–H groups in total. The summed E-state index contributed by atoms with van der Waals surface area (Å²) in [5, 5.41) is 7.60. The lowest BCUT2D eigenvalue weighted by Gasteiger charge is -2.27. The first kappa shape index (κ1) is 16.4. The van der Waals surface area contributed by atoms with Gasteiger partial charge in [-0.15, -0.1) is 0 Å². The molecule has 0 heterocycles. The molecule has 0 atom stereocenters. The Hall–Kier alpha value is -1.58. The zero-order valence-corrected chi connectivity index (χ0v) is 11.2. The van der Waals surface area contributed by atoms with E-state index in [4.69, 9.17) is 9.84 Å². The molecule has 0 aromatic carbocycles. The van der Waals surface area contributed by atoms with E-state index in [-0.39, 0.29) is 11.6 Å². The van der Waals surface area contributed by atoms with E-state index < -0.39 is 5.97 Å². The highest BCUT2D eigenvalue weighted by Crippen LogP contribution is 2.36. The molecular formula is C14H22O4. The van der Waals surface area contributed by atoms with Gasteiger partial charge >= 0.3 is 11.9 Å². The Labute approximate surface area is 108 Å². The first-order valence-electron chi connectivity index (χ1n) is 6.11. The third kappa shape index (κ3) is 5.66. The fourth-order valence-electron chi connectivity index (χ4n) is 1.83. The van der Waals surface area contributed by atoms with E-state index in [1.54, 1.807) is 6.92 Å². The van der Waals surface area contributed by atoms with Crippen LogP contribution in [-0.4, -0.2) is 22.6 Å². The molecule has 18 heavy (non-hydrogen) atoms. The predicted octanol–water partition coefficient (Wildman–Crippen LogP) is 3.09. The molecule has 1 rings (SSSR count). The van der Waals surface area contributed by atoms with Gasteiger partial charge in [0.2, 0.25) is 0 Å². The summed E-state index contributed by atoms with van der Waals surface area (Å²) in [5.41, 5.74) is 0.329. The fourth-order valence-corrected chi connectivity index (χ4v) is 1.83. The molecule has 0 unspecified atom stereocenters. The third-order valence-corrected chi connectivity index (χ3v) is 2.99. The van der Waals surface area contributed by atoms with Crippen LogP contribution in [0.5, 0.6) is 0 Å². The number of hydrogen-bond acceptors (Lipinski definition) is 3. The second-order valence-electron chi connectivity index (χ2n) is 4.46. The van der Waals surface area contributed by atoms with Crippen molar-refractivity contribution in [3.8, 4) is 0 Å². The van der Waals surface area contributed by atoms with Crippen LogP contribution < -0.4 is 0 Å². The summed E-state index contributed by atoms with van der Waals surface area (Å²) < 4.78 is 5.47. The largest absolute Gasteiger partial charge is 0.478 e. The molecular weight excluding hydrogens is 232 g/mol. The molecule has 102 valence electrons. The van der Waals surface area contributed by atoms with E-state index in [0.717, 1.165) is 25.3 Å². The minimum atomic E-state index is -0.981. The summed E-state index contributed by atoms with van der Waals surface area (Å²) in [4.78, 5) is 20.6. The average molecular weight is 254 g/mol. The third-order valence-electron chi connectivity index (χ3n) is 2.99. The zero-order chi connectivity index (χ0) is 14.2. The van der Waals surface area contributed by atoms with Gasteiger partial charge < -0.3 is 9.84 Å². The van der Waals surface area contributed by atoms with Crippen molar-refractivity contribution in [3.63, 3.8) is 0 Å². The summed E-state index contributed by atoms with van der Waals surface area (Å²) in [6.07, 6.45) is 6.14. The van der Waals surface area contributed by atoms with Crippen LogP contribution in [0, 0.1) is 0 Å². The maximum absolute atomic E-state index is 11.3. The van der Waals surface area contributed by atoms with Crippen LogP contribution in [0.15, 0.2) is 24.8 Å². The molecule has 0 radical (unpaired) electrons. The van der Waals surface area contributed by atoms with E-state index in [1.807, 2.05) is 0 Å². The van der Waals surface area contributed by atoms with Gasteiger partial charge in [-0.1, -0.05) is 20.1 Å². The van der Waals surface area contributed by atoms with Crippen molar-refractivity contribution in [1.82, 2.24) is 0 Å². The Morgan fingerprint density at radius 2 is 1.83 bits per heavy atom. The average Bonchev–Trinajstić information content (AvgIpc) is 2.78. The highest BCUT2D eigenvalue weighted by Gasteiger charge is 2.35. The Morgan fingerprint density at radius 1 is 1.39 bits per heavy atom. The zero-order valence-electron chi connectivity index (χ0n) is 11.2. The van der Waals surface area contributed by atoms with E-state index in [2.05, 4.69) is 20.1 Å². The lowest BCUT2D eigenvalue weighted by atomic mass is 9.99. The van der Waals surface area contributed by atoms with Crippen LogP contribution in [-0.2, 0) is 14.3 Å². The van der Waals surface area contributed by atoms with Gasteiger partial charge in [0.1, 0.15) is 5.60 Å². The van der Waals surface area contributed by atoms with Gasteiger partial charge in [-0.3, -0.25) is 0 Å². The molecule has 1 saturated carbocycles. The van der Waals surface area contributed by atoms with Crippen LogP contribution in [0.2, 0.25) is 0 Å². The minimum Gasteiger partial charge on any atom is -0.478 e. The number of esters is 1. The number of ether oxygens (including phenoxy) is 1. The molecule has 0 aromatic heterocycles. The molecule has 0 amide bonds. The number of carbonyl (C=O) groups is 2. The smallest absolute Gasteiger partial charge is 0.333 e. The van der Waals surface area contributed by atoms with Crippen molar-refractivity contribution in [3.05, 3.63) is 24.8 Å². The monoisotopic (exact) mass is 254 g/mol. The molecule has 0 aliphatic heterocycles. The topological polar surface area (TPSA) is 63.6 Å². The summed E-state index contributed by atoms with van der Waals surface area (Å²) in [5.74, 6) is -1.21. The molecule has 4 heteroatoms. The van der Waals surface area contributed by atoms with E-state index >= 15 is 0 Å². The Morgan fingerprint density at radius 3 is 2.11 bits per heavy atom.